The van der Waals surface area contributed by atoms with Crippen LogP contribution in [0.25, 0.3) is 22.3 Å². The first-order valence-electron chi connectivity index (χ1n) is 13.7. The molecule has 0 aliphatic carbocycles. The molecule has 6 rings (SSSR count). The summed E-state index contributed by atoms with van der Waals surface area (Å²) in [6.45, 7) is 3.94. The zero-order chi connectivity index (χ0) is 28.9. The molecule has 0 spiro atoms. The molecule has 3 fully saturated rings. The summed E-state index contributed by atoms with van der Waals surface area (Å²) in [5, 5.41) is 3.65. The number of nitrogens with two attached hydrogens (primary N) is 1. The van der Waals surface area contributed by atoms with Gasteiger partial charge in [-0.2, -0.15) is 23.1 Å². The van der Waals surface area contributed by atoms with Crippen molar-refractivity contribution < 1.29 is 26.7 Å². The molecule has 0 bridgehead atoms. The molecular formula is C27H31F5N8O. The number of ether oxygens (including phenoxy) is 1. The van der Waals surface area contributed by atoms with Gasteiger partial charge >= 0.3 is 12.2 Å². The number of piperazine rings is 1. The normalized spacial score (nSPS) is 23.4. The summed E-state index contributed by atoms with van der Waals surface area (Å²) < 4.78 is 77.7. The third-order valence-corrected chi connectivity index (χ3v) is 8.32. The Labute approximate surface area is 233 Å². The summed E-state index contributed by atoms with van der Waals surface area (Å²) in [5.74, 6) is 0.303. The Balaban J connectivity index is 1.50. The summed E-state index contributed by atoms with van der Waals surface area (Å²) in [4.78, 5) is 21.5. The maximum Gasteiger partial charge on any atom is 0.418 e. The van der Waals surface area contributed by atoms with Gasteiger partial charge in [-0.3, -0.25) is 9.88 Å². The van der Waals surface area contributed by atoms with Crippen molar-refractivity contribution in [2.45, 2.75) is 50.7 Å². The highest BCUT2D eigenvalue weighted by Crippen LogP contribution is 2.43. The van der Waals surface area contributed by atoms with E-state index in [1.165, 1.54) is 13.1 Å². The third-order valence-electron chi connectivity index (χ3n) is 8.32. The molecule has 3 saturated heterocycles. The molecule has 0 unspecified atom stereocenters. The second-order valence-electron chi connectivity index (χ2n) is 11.0. The molecule has 0 aromatic carbocycles. The van der Waals surface area contributed by atoms with E-state index in [1.54, 1.807) is 0 Å². The number of halogens is 5. The Hall–Kier alpha value is -3.39. The summed E-state index contributed by atoms with van der Waals surface area (Å²) in [6.07, 6.45) is -2.33. The molecule has 9 nitrogen and oxygen atoms in total. The topological polar surface area (TPSA) is 105 Å². The Morgan fingerprint density at radius 1 is 1.15 bits per heavy atom. The molecule has 220 valence electrons. The fraction of sp³-hybridized carbons (Fsp3) is 0.556. The van der Waals surface area contributed by atoms with Gasteiger partial charge < -0.3 is 20.7 Å². The van der Waals surface area contributed by atoms with Crippen LogP contribution in [0.3, 0.4) is 0 Å². The number of anilines is 2. The lowest BCUT2D eigenvalue weighted by molar-refractivity contribution is -0.137. The molecule has 3 N–H and O–H groups in total. The number of pyridine rings is 2. The minimum absolute atomic E-state index is 0.0471. The Morgan fingerprint density at radius 3 is 2.66 bits per heavy atom. The van der Waals surface area contributed by atoms with E-state index < -0.39 is 35.8 Å². The van der Waals surface area contributed by atoms with Crippen LogP contribution < -0.4 is 20.7 Å². The van der Waals surface area contributed by atoms with E-state index in [0.29, 0.717) is 50.3 Å². The summed E-state index contributed by atoms with van der Waals surface area (Å²) >= 11 is 0. The zero-order valence-corrected chi connectivity index (χ0v) is 22.6. The smallest absolute Gasteiger partial charge is 0.418 e. The molecule has 0 amide bonds. The van der Waals surface area contributed by atoms with Crippen molar-refractivity contribution >= 4 is 22.5 Å². The molecule has 14 heteroatoms. The van der Waals surface area contributed by atoms with E-state index in [0.717, 1.165) is 25.5 Å². The first kappa shape index (κ1) is 27.8. The van der Waals surface area contributed by atoms with E-state index in [9.17, 15) is 22.0 Å². The van der Waals surface area contributed by atoms with E-state index in [4.69, 9.17) is 10.5 Å². The van der Waals surface area contributed by atoms with Crippen LogP contribution in [0, 0.1) is 6.92 Å². The van der Waals surface area contributed by atoms with Crippen molar-refractivity contribution in [1.29, 1.82) is 0 Å². The van der Waals surface area contributed by atoms with Crippen molar-refractivity contribution in [3.63, 3.8) is 0 Å². The monoisotopic (exact) mass is 578 g/mol. The van der Waals surface area contributed by atoms with Gasteiger partial charge in [-0.25, -0.2) is 13.8 Å². The zero-order valence-electron chi connectivity index (χ0n) is 22.6. The lowest BCUT2D eigenvalue weighted by Crippen LogP contribution is -2.44. The van der Waals surface area contributed by atoms with Gasteiger partial charge in [-0.15, -0.1) is 0 Å². The lowest BCUT2D eigenvalue weighted by Gasteiger charge is -2.32. The molecule has 2 atom stereocenters. The predicted octanol–water partition coefficient (Wildman–Crippen LogP) is 3.83. The maximum atomic E-state index is 14.8. The van der Waals surface area contributed by atoms with E-state index in [-0.39, 0.29) is 40.8 Å². The molecule has 0 radical (unpaired) electrons. The van der Waals surface area contributed by atoms with Crippen LogP contribution in [0.2, 0.25) is 0 Å². The first-order chi connectivity index (χ1) is 19.6. The largest absolute Gasteiger partial charge is 0.461 e. The van der Waals surface area contributed by atoms with Gasteiger partial charge in [0.2, 0.25) is 0 Å². The number of aromatic nitrogens is 4. The second kappa shape index (κ2) is 10.5. The highest BCUT2D eigenvalue weighted by molar-refractivity contribution is 5.94. The number of fused-ring (bicyclic) bond motifs is 2. The molecule has 3 aromatic heterocycles. The number of nitrogens with one attached hydrogen (secondary N) is 1. The molecular weight excluding hydrogens is 547 g/mol. The summed E-state index contributed by atoms with van der Waals surface area (Å²) in [7, 11) is 0. The van der Waals surface area contributed by atoms with Crippen molar-refractivity contribution in [2.24, 2.45) is 0 Å². The molecule has 3 aromatic rings. The standard InChI is InChI=1S/C27H31F5N8O/c1-15-9-19(33)36-23(20(15)27(30,31)32)22-17(11-28)21-18(12-35-22)24(39-7-4-34-5-8-39)38-25(37-21)41-14-26-3-2-6-40(26)13-16(29)10-26/h9,12,16,34H,2-8,10-11,13-14H2,1H3,(H2,33,36)/t16-,26+/m1/s1. The summed E-state index contributed by atoms with van der Waals surface area (Å²) in [5.41, 5.74) is 3.23. The molecule has 3 aliphatic rings. The Kier molecular flexibility index (Phi) is 7.09. The minimum Gasteiger partial charge on any atom is -0.461 e. The molecule has 0 saturated carbocycles. The fourth-order valence-corrected chi connectivity index (χ4v) is 6.49. The van der Waals surface area contributed by atoms with Crippen LogP contribution in [0.1, 0.15) is 36.0 Å². The van der Waals surface area contributed by atoms with E-state index in [2.05, 4.69) is 30.2 Å². The van der Waals surface area contributed by atoms with Crippen LogP contribution in [0.5, 0.6) is 6.01 Å². The van der Waals surface area contributed by atoms with Gasteiger partial charge in [0, 0.05) is 50.9 Å². The van der Waals surface area contributed by atoms with E-state index in [1.807, 2.05) is 4.90 Å². The van der Waals surface area contributed by atoms with Gasteiger partial charge in [-0.1, -0.05) is 0 Å². The van der Waals surface area contributed by atoms with Crippen molar-refractivity contribution in [3.05, 3.63) is 29.0 Å². The number of hydrogen-bond donors (Lipinski definition) is 2. The van der Waals surface area contributed by atoms with Gasteiger partial charge in [0.1, 0.15) is 36.8 Å². The molecule has 3 aliphatic heterocycles. The highest BCUT2D eigenvalue weighted by Gasteiger charge is 2.49. The molecule has 6 heterocycles. The van der Waals surface area contributed by atoms with Crippen molar-refractivity contribution in [3.8, 4) is 17.4 Å². The number of hydrogen-bond acceptors (Lipinski definition) is 9. The minimum atomic E-state index is -4.78. The fourth-order valence-electron chi connectivity index (χ4n) is 6.49. The lowest BCUT2D eigenvalue weighted by atomic mass is 9.95. The van der Waals surface area contributed by atoms with E-state index >= 15 is 0 Å². The maximum absolute atomic E-state index is 14.8. The predicted molar refractivity (Wildman–Crippen MR) is 143 cm³/mol. The number of nitrogens with zero attached hydrogens (tertiary/aromatic N) is 6. The highest BCUT2D eigenvalue weighted by atomic mass is 19.4. The van der Waals surface area contributed by atoms with Gasteiger partial charge in [0.25, 0.3) is 0 Å². The summed E-state index contributed by atoms with van der Waals surface area (Å²) in [6, 6.07) is 1.07. The van der Waals surface area contributed by atoms with Crippen LogP contribution in [-0.4, -0.2) is 82.4 Å². The van der Waals surface area contributed by atoms with Crippen LogP contribution in [0.15, 0.2) is 12.3 Å². The number of rotatable bonds is 6. The van der Waals surface area contributed by atoms with Gasteiger partial charge in [0.05, 0.1) is 27.7 Å². The van der Waals surface area contributed by atoms with Crippen LogP contribution in [-0.2, 0) is 12.9 Å². The van der Waals surface area contributed by atoms with Crippen molar-refractivity contribution in [2.75, 3.05) is 56.5 Å². The number of nitrogen functional groups attached to an aromatic ring is 1. The quantitative estimate of drug-likeness (QED) is 0.423. The van der Waals surface area contributed by atoms with Crippen LogP contribution >= 0.6 is 0 Å². The Bertz CT molecular complexity index is 1460. The number of alkyl halides is 5. The van der Waals surface area contributed by atoms with Gasteiger partial charge in [-0.05, 0) is 37.9 Å². The second-order valence-corrected chi connectivity index (χ2v) is 11.0. The van der Waals surface area contributed by atoms with Crippen molar-refractivity contribution in [1.82, 2.24) is 30.2 Å². The third kappa shape index (κ3) is 5.00. The molecule has 41 heavy (non-hydrogen) atoms. The first-order valence-corrected chi connectivity index (χ1v) is 13.7. The van der Waals surface area contributed by atoms with Crippen LogP contribution in [0.4, 0.5) is 33.6 Å². The number of aryl methyl sites for hydroxylation is 1. The Morgan fingerprint density at radius 2 is 1.93 bits per heavy atom. The SMILES string of the molecule is Cc1cc(N)nc(-c2ncc3c(N4CCNCC4)nc(OC[C@@]45CCCN4C[C@H](F)C5)nc3c2CF)c1C(F)(F)F. The average Bonchev–Trinajstić information content (AvgIpc) is 3.45. The average molecular weight is 579 g/mol. The van der Waals surface area contributed by atoms with Gasteiger partial charge in [0.15, 0.2) is 0 Å².